The molecule has 1 amide bonds. The number of nitrogens with zero attached hydrogens (tertiary/aromatic N) is 1. The third-order valence-corrected chi connectivity index (χ3v) is 2.16. The highest BCUT2D eigenvalue weighted by Crippen LogP contribution is 2.14. The fourth-order valence-corrected chi connectivity index (χ4v) is 1.49. The number of halogens is 1. The molecule has 2 N–H and O–H groups in total. The van der Waals surface area contributed by atoms with Gasteiger partial charge in [-0.15, -0.1) is 0 Å². The summed E-state index contributed by atoms with van der Waals surface area (Å²) < 4.78 is 0. The average molecular weight is 257 g/mol. The quantitative estimate of drug-likeness (QED) is 0.833. The van der Waals surface area contributed by atoms with E-state index < -0.39 is 5.97 Å². The fourth-order valence-electron chi connectivity index (χ4n) is 1.30. The van der Waals surface area contributed by atoms with Crippen LogP contribution >= 0.6 is 11.6 Å². The summed E-state index contributed by atoms with van der Waals surface area (Å²) in [5.41, 5.74) is 0.589. The third-order valence-electron chi connectivity index (χ3n) is 1.93. The zero-order valence-electron chi connectivity index (χ0n) is 9.31. The van der Waals surface area contributed by atoms with Crippen LogP contribution in [0.2, 0.25) is 5.02 Å². The largest absolute Gasteiger partial charge is 0.480 e. The zero-order chi connectivity index (χ0) is 12.8. The molecule has 5 nitrogen and oxygen atoms in total. The first-order chi connectivity index (χ1) is 7.97. The lowest BCUT2D eigenvalue weighted by Crippen LogP contribution is -2.33. The molecule has 0 fully saturated rings. The van der Waals surface area contributed by atoms with Crippen LogP contribution in [-0.4, -0.2) is 42.0 Å². The van der Waals surface area contributed by atoms with Crippen LogP contribution < -0.4 is 5.32 Å². The summed E-state index contributed by atoms with van der Waals surface area (Å²) in [5, 5.41) is 11.7. The molecule has 0 radical (unpaired) electrons. The minimum absolute atomic E-state index is 0.0127. The predicted molar refractivity (Wildman–Crippen MR) is 65.2 cm³/mol. The molecule has 0 heterocycles. The van der Waals surface area contributed by atoms with Crippen LogP contribution in [0.15, 0.2) is 24.3 Å². The fraction of sp³-hybridized carbons (Fsp3) is 0.273. The van der Waals surface area contributed by atoms with Crippen molar-refractivity contribution in [3.05, 3.63) is 29.3 Å². The number of hydrogen-bond acceptors (Lipinski definition) is 3. The first kappa shape index (κ1) is 13.5. The molecular formula is C11H13ClN2O3. The van der Waals surface area contributed by atoms with E-state index in [2.05, 4.69) is 5.32 Å². The smallest absolute Gasteiger partial charge is 0.317 e. The second-order valence-electron chi connectivity index (χ2n) is 3.62. The Morgan fingerprint density at radius 3 is 2.71 bits per heavy atom. The summed E-state index contributed by atoms with van der Waals surface area (Å²) in [4.78, 5) is 23.3. The minimum atomic E-state index is -0.969. The number of hydrogen-bond donors (Lipinski definition) is 2. The van der Waals surface area contributed by atoms with Crippen LogP contribution in [0, 0.1) is 0 Å². The lowest BCUT2D eigenvalue weighted by Gasteiger charge is -2.13. The van der Waals surface area contributed by atoms with Crippen LogP contribution in [0.3, 0.4) is 0 Å². The lowest BCUT2D eigenvalue weighted by molar-refractivity contribution is -0.138. The molecule has 0 saturated carbocycles. The average Bonchev–Trinajstić information content (AvgIpc) is 2.14. The van der Waals surface area contributed by atoms with E-state index in [9.17, 15) is 9.59 Å². The summed E-state index contributed by atoms with van der Waals surface area (Å²) >= 11 is 5.76. The molecule has 6 heteroatoms. The number of carboxylic acid groups (broad SMARTS) is 1. The number of aliphatic carboxylic acids is 1. The van der Waals surface area contributed by atoms with Crippen molar-refractivity contribution in [3.8, 4) is 0 Å². The van der Waals surface area contributed by atoms with E-state index in [0.29, 0.717) is 10.7 Å². The topological polar surface area (TPSA) is 69.6 Å². The van der Waals surface area contributed by atoms with Crippen LogP contribution in [-0.2, 0) is 9.59 Å². The van der Waals surface area contributed by atoms with E-state index in [0.717, 1.165) is 0 Å². The molecule has 0 unspecified atom stereocenters. The van der Waals surface area contributed by atoms with Crippen molar-refractivity contribution in [3.63, 3.8) is 0 Å². The maximum atomic E-state index is 11.5. The maximum Gasteiger partial charge on any atom is 0.317 e. The van der Waals surface area contributed by atoms with Gasteiger partial charge in [-0.2, -0.15) is 0 Å². The normalized spacial score (nSPS) is 10.3. The molecule has 1 rings (SSSR count). The monoisotopic (exact) mass is 256 g/mol. The Bertz CT molecular complexity index is 423. The van der Waals surface area contributed by atoms with Crippen molar-refractivity contribution < 1.29 is 14.7 Å². The van der Waals surface area contributed by atoms with Gasteiger partial charge >= 0.3 is 5.97 Å². The molecule has 1 aromatic rings. The van der Waals surface area contributed by atoms with Gasteiger partial charge < -0.3 is 10.4 Å². The standard InChI is InChI=1S/C11H13ClN2O3/c1-14(7-11(16)17)6-10(15)13-9-4-2-3-8(12)5-9/h2-5H,6-7H2,1H3,(H,13,15)(H,16,17). The van der Waals surface area contributed by atoms with Gasteiger partial charge in [0.1, 0.15) is 0 Å². The SMILES string of the molecule is CN(CC(=O)O)CC(=O)Nc1cccc(Cl)c1. The number of nitrogens with one attached hydrogen (secondary N) is 1. The number of anilines is 1. The number of likely N-dealkylation sites (N-methyl/N-ethyl adjacent to an activating group) is 1. The molecule has 0 spiro atoms. The summed E-state index contributed by atoms with van der Waals surface area (Å²) in [6.45, 7) is -0.165. The van der Waals surface area contributed by atoms with Gasteiger partial charge in [-0.25, -0.2) is 0 Å². The molecule has 0 aliphatic heterocycles. The zero-order valence-corrected chi connectivity index (χ0v) is 10.1. The molecule has 92 valence electrons. The number of carbonyl (C=O) groups excluding carboxylic acids is 1. The first-order valence-corrected chi connectivity index (χ1v) is 5.31. The van der Waals surface area contributed by atoms with Crippen molar-refractivity contribution >= 4 is 29.2 Å². The van der Waals surface area contributed by atoms with Crippen molar-refractivity contribution in [2.45, 2.75) is 0 Å². The van der Waals surface area contributed by atoms with Crippen LogP contribution in [0.25, 0.3) is 0 Å². The maximum absolute atomic E-state index is 11.5. The van der Waals surface area contributed by atoms with Gasteiger partial charge in [0.2, 0.25) is 5.91 Å². The Morgan fingerprint density at radius 2 is 2.12 bits per heavy atom. The summed E-state index contributed by atoms with van der Waals surface area (Å²) in [7, 11) is 1.56. The van der Waals surface area contributed by atoms with Gasteiger partial charge in [-0.05, 0) is 25.2 Å². The van der Waals surface area contributed by atoms with Crippen molar-refractivity contribution in [1.29, 1.82) is 0 Å². The number of carbonyl (C=O) groups is 2. The molecule has 1 aromatic carbocycles. The van der Waals surface area contributed by atoms with E-state index in [4.69, 9.17) is 16.7 Å². The Balaban J connectivity index is 2.47. The molecule has 0 saturated heterocycles. The molecule has 0 bridgehead atoms. The molecule has 17 heavy (non-hydrogen) atoms. The number of amides is 1. The van der Waals surface area contributed by atoms with Gasteiger partial charge in [0.15, 0.2) is 0 Å². The van der Waals surface area contributed by atoms with E-state index in [1.54, 1.807) is 31.3 Å². The Morgan fingerprint density at radius 1 is 1.41 bits per heavy atom. The van der Waals surface area contributed by atoms with Gasteiger partial charge in [0, 0.05) is 10.7 Å². The van der Waals surface area contributed by atoms with Crippen molar-refractivity contribution in [2.75, 3.05) is 25.5 Å². The third kappa shape index (κ3) is 5.33. The molecule has 0 aliphatic rings. The highest BCUT2D eigenvalue weighted by molar-refractivity contribution is 6.30. The van der Waals surface area contributed by atoms with E-state index in [-0.39, 0.29) is 19.0 Å². The van der Waals surface area contributed by atoms with Crippen molar-refractivity contribution in [2.24, 2.45) is 0 Å². The highest BCUT2D eigenvalue weighted by atomic mass is 35.5. The first-order valence-electron chi connectivity index (χ1n) is 4.93. The number of rotatable bonds is 5. The molecule has 0 aromatic heterocycles. The van der Waals surface area contributed by atoms with Gasteiger partial charge in [-0.1, -0.05) is 17.7 Å². The Labute approximate surface area is 104 Å². The van der Waals surface area contributed by atoms with E-state index in [1.807, 2.05) is 0 Å². The predicted octanol–water partition coefficient (Wildman–Crippen LogP) is 1.29. The van der Waals surface area contributed by atoms with E-state index >= 15 is 0 Å². The number of benzene rings is 1. The Hall–Kier alpha value is -1.59. The molecule has 0 atom stereocenters. The second-order valence-corrected chi connectivity index (χ2v) is 4.06. The van der Waals surface area contributed by atoms with Gasteiger partial charge in [0.25, 0.3) is 0 Å². The van der Waals surface area contributed by atoms with Crippen LogP contribution in [0.1, 0.15) is 0 Å². The summed E-state index contributed by atoms with van der Waals surface area (Å²) in [5.74, 6) is -1.25. The Kier molecular flexibility index (Phi) is 4.93. The van der Waals surface area contributed by atoms with E-state index in [1.165, 1.54) is 4.90 Å². The summed E-state index contributed by atoms with van der Waals surface area (Å²) in [6, 6.07) is 6.75. The molecule has 0 aliphatic carbocycles. The second kappa shape index (κ2) is 6.22. The highest BCUT2D eigenvalue weighted by Gasteiger charge is 2.09. The van der Waals surface area contributed by atoms with Gasteiger partial charge in [0.05, 0.1) is 13.1 Å². The van der Waals surface area contributed by atoms with Gasteiger partial charge in [-0.3, -0.25) is 14.5 Å². The van der Waals surface area contributed by atoms with Crippen molar-refractivity contribution in [1.82, 2.24) is 4.90 Å². The molecular weight excluding hydrogens is 244 g/mol. The number of carboxylic acids is 1. The van der Waals surface area contributed by atoms with Crippen LogP contribution in [0.4, 0.5) is 5.69 Å². The van der Waals surface area contributed by atoms with Crippen LogP contribution in [0.5, 0.6) is 0 Å². The summed E-state index contributed by atoms with van der Waals surface area (Å²) in [6.07, 6.45) is 0. The minimum Gasteiger partial charge on any atom is -0.480 e. The lowest BCUT2D eigenvalue weighted by atomic mass is 10.3.